The summed E-state index contributed by atoms with van der Waals surface area (Å²) in [6, 6.07) is 11.7. The molecule has 0 aliphatic rings. The highest BCUT2D eigenvalue weighted by molar-refractivity contribution is 6.09. The maximum absolute atomic E-state index is 12.3. The van der Waals surface area contributed by atoms with Gasteiger partial charge in [-0.1, -0.05) is 24.1 Å². The maximum atomic E-state index is 12.3. The van der Waals surface area contributed by atoms with Gasteiger partial charge in [-0.3, -0.25) is 19.7 Å². The number of rotatable bonds is 5. The Morgan fingerprint density at radius 1 is 1.12 bits per heavy atom. The van der Waals surface area contributed by atoms with Gasteiger partial charge in [-0.15, -0.1) is 6.42 Å². The fourth-order valence-electron chi connectivity index (χ4n) is 1.97. The summed E-state index contributed by atoms with van der Waals surface area (Å²) in [7, 11) is 0. The molecule has 2 aromatic carbocycles. The standard InChI is InChI=1S/C17H13N3O4/c1-2-10-18-17(22)14-8-3-4-9-15(14)19-16(21)12-6-5-7-13(11-12)20(23)24/h1,3-9,11H,10H2,(H,18,22)(H,19,21). The highest BCUT2D eigenvalue weighted by Crippen LogP contribution is 2.18. The highest BCUT2D eigenvalue weighted by Gasteiger charge is 2.15. The molecular weight excluding hydrogens is 310 g/mol. The van der Waals surface area contributed by atoms with E-state index in [0.29, 0.717) is 0 Å². The average molecular weight is 323 g/mol. The van der Waals surface area contributed by atoms with Crippen molar-refractivity contribution in [3.05, 3.63) is 69.8 Å². The molecule has 2 rings (SSSR count). The Morgan fingerprint density at radius 2 is 1.88 bits per heavy atom. The van der Waals surface area contributed by atoms with Crippen LogP contribution in [0.1, 0.15) is 20.7 Å². The number of para-hydroxylation sites is 1. The van der Waals surface area contributed by atoms with Gasteiger partial charge >= 0.3 is 0 Å². The van der Waals surface area contributed by atoms with Crippen LogP contribution in [0.5, 0.6) is 0 Å². The first-order valence-corrected chi connectivity index (χ1v) is 6.89. The largest absolute Gasteiger partial charge is 0.341 e. The number of hydrogen-bond acceptors (Lipinski definition) is 4. The molecule has 2 amide bonds. The number of benzene rings is 2. The monoisotopic (exact) mass is 323 g/mol. The fourth-order valence-corrected chi connectivity index (χ4v) is 1.97. The Hall–Kier alpha value is -3.66. The zero-order valence-electron chi connectivity index (χ0n) is 12.5. The Morgan fingerprint density at radius 3 is 2.58 bits per heavy atom. The molecule has 2 aromatic rings. The van der Waals surface area contributed by atoms with Crippen molar-refractivity contribution in [2.75, 3.05) is 11.9 Å². The fraction of sp³-hybridized carbons (Fsp3) is 0.0588. The lowest BCUT2D eigenvalue weighted by Gasteiger charge is -2.10. The van der Waals surface area contributed by atoms with Crippen LogP contribution >= 0.6 is 0 Å². The van der Waals surface area contributed by atoms with E-state index in [0.717, 1.165) is 6.07 Å². The van der Waals surface area contributed by atoms with Crippen LogP contribution in [-0.4, -0.2) is 23.3 Å². The number of anilines is 1. The quantitative estimate of drug-likeness (QED) is 0.500. The average Bonchev–Trinajstić information content (AvgIpc) is 2.60. The van der Waals surface area contributed by atoms with Crippen molar-refractivity contribution in [1.82, 2.24) is 5.32 Å². The van der Waals surface area contributed by atoms with Crippen LogP contribution in [-0.2, 0) is 0 Å². The molecule has 0 atom stereocenters. The molecule has 0 heterocycles. The molecule has 24 heavy (non-hydrogen) atoms. The molecule has 7 heteroatoms. The molecule has 0 aliphatic heterocycles. The lowest BCUT2D eigenvalue weighted by Crippen LogP contribution is -2.25. The first-order valence-electron chi connectivity index (χ1n) is 6.89. The van der Waals surface area contributed by atoms with Crippen molar-refractivity contribution in [1.29, 1.82) is 0 Å². The lowest BCUT2D eigenvalue weighted by atomic mass is 10.1. The van der Waals surface area contributed by atoms with Gasteiger partial charge in [0.05, 0.1) is 22.7 Å². The minimum atomic E-state index is -0.585. The van der Waals surface area contributed by atoms with Crippen LogP contribution in [0.2, 0.25) is 0 Å². The maximum Gasteiger partial charge on any atom is 0.270 e. The number of terminal acetylenes is 1. The summed E-state index contributed by atoms with van der Waals surface area (Å²) in [5.41, 5.74) is 0.445. The van der Waals surface area contributed by atoms with E-state index in [4.69, 9.17) is 6.42 Å². The van der Waals surface area contributed by atoms with Crippen molar-refractivity contribution in [2.24, 2.45) is 0 Å². The molecule has 2 N–H and O–H groups in total. The normalized spacial score (nSPS) is 9.62. The van der Waals surface area contributed by atoms with E-state index in [1.807, 2.05) is 0 Å². The number of hydrogen-bond donors (Lipinski definition) is 2. The van der Waals surface area contributed by atoms with Gasteiger partial charge in [0, 0.05) is 17.7 Å². The summed E-state index contributed by atoms with van der Waals surface area (Å²) in [5.74, 6) is 1.30. The number of amides is 2. The SMILES string of the molecule is C#CCNC(=O)c1ccccc1NC(=O)c1cccc([N+](=O)[O-])c1. The third-order valence-corrected chi connectivity index (χ3v) is 3.09. The number of nitro benzene ring substituents is 1. The van der Waals surface area contributed by atoms with E-state index in [-0.39, 0.29) is 29.0 Å². The summed E-state index contributed by atoms with van der Waals surface area (Å²) >= 11 is 0. The molecule has 0 aliphatic carbocycles. The number of carbonyl (C=O) groups is 2. The minimum Gasteiger partial charge on any atom is -0.341 e. The molecule has 0 spiro atoms. The molecular formula is C17H13N3O4. The summed E-state index contributed by atoms with van der Waals surface area (Å²) in [6.45, 7) is 0.0615. The Bertz CT molecular complexity index is 840. The number of carbonyl (C=O) groups excluding carboxylic acids is 2. The third-order valence-electron chi connectivity index (χ3n) is 3.09. The van der Waals surface area contributed by atoms with Gasteiger partial charge in [0.1, 0.15) is 0 Å². The zero-order chi connectivity index (χ0) is 17.5. The van der Waals surface area contributed by atoms with Crippen LogP contribution in [0.15, 0.2) is 48.5 Å². The van der Waals surface area contributed by atoms with E-state index < -0.39 is 16.7 Å². The second kappa shape index (κ2) is 7.56. The molecule has 0 radical (unpaired) electrons. The van der Waals surface area contributed by atoms with E-state index in [1.165, 1.54) is 24.3 Å². The number of non-ortho nitro benzene ring substituents is 1. The minimum absolute atomic E-state index is 0.0615. The molecule has 7 nitrogen and oxygen atoms in total. The van der Waals surface area contributed by atoms with Gasteiger partial charge in [0.2, 0.25) is 0 Å². The topological polar surface area (TPSA) is 101 Å². The van der Waals surface area contributed by atoms with Crippen LogP contribution in [0.25, 0.3) is 0 Å². The van der Waals surface area contributed by atoms with E-state index in [2.05, 4.69) is 16.6 Å². The van der Waals surface area contributed by atoms with Crippen molar-refractivity contribution in [3.63, 3.8) is 0 Å². The van der Waals surface area contributed by atoms with Crippen molar-refractivity contribution >= 4 is 23.2 Å². The van der Waals surface area contributed by atoms with Crippen LogP contribution in [0, 0.1) is 22.5 Å². The lowest BCUT2D eigenvalue weighted by molar-refractivity contribution is -0.384. The van der Waals surface area contributed by atoms with Gasteiger partial charge in [-0.2, -0.15) is 0 Å². The Labute approximate surface area is 137 Å². The van der Waals surface area contributed by atoms with Gasteiger partial charge in [0.15, 0.2) is 0 Å². The second-order valence-corrected chi connectivity index (χ2v) is 4.69. The number of nitrogens with one attached hydrogen (secondary N) is 2. The molecule has 0 saturated carbocycles. The number of nitrogens with zero attached hydrogens (tertiary/aromatic N) is 1. The first kappa shape index (κ1) is 16.7. The summed E-state index contributed by atoms with van der Waals surface area (Å²) < 4.78 is 0. The summed E-state index contributed by atoms with van der Waals surface area (Å²) in [5, 5.41) is 15.9. The van der Waals surface area contributed by atoms with Crippen LogP contribution < -0.4 is 10.6 Å². The highest BCUT2D eigenvalue weighted by atomic mass is 16.6. The molecule has 0 bridgehead atoms. The van der Waals surface area contributed by atoms with E-state index in [9.17, 15) is 19.7 Å². The van der Waals surface area contributed by atoms with E-state index >= 15 is 0 Å². The predicted molar refractivity (Wildman–Crippen MR) is 88.7 cm³/mol. The van der Waals surface area contributed by atoms with Crippen molar-refractivity contribution in [3.8, 4) is 12.3 Å². The summed E-state index contributed by atoms with van der Waals surface area (Å²) in [4.78, 5) is 34.5. The van der Waals surface area contributed by atoms with Gasteiger partial charge < -0.3 is 10.6 Å². The van der Waals surface area contributed by atoms with E-state index in [1.54, 1.807) is 18.2 Å². The van der Waals surface area contributed by atoms with Gasteiger partial charge in [-0.25, -0.2) is 0 Å². The van der Waals surface area contributed by atoms with Crippen molar-refractivity contribution in [2.45, 2.75) is 0 Å². The van der Waals surface area contributed by atoms with Gasteiger partial charge in [-0.05, 0) is 18.2 Å². The molecule has 0 aromatic heterocycles. The van der Waals surface area contributed by atoms with Gasteiger partial charge in [0.25, 0.3) is 17.5 Å². The zero-order valence-corrected chi connectivity index (χ0v) is 12.5. The Balaban J connectivity index is 2.24. The predicted octanol–water partition coefficient (Wildman–Crippen LogP) is 2.21. The molecule has 0 saturated heterocycles. The number of nitro groups is 1. The summed E-state index contributed by atoms with van der Waals surface area (Å²) in [6.07, 6.45) is 5.10. The second-order valence-electron chi connectivity index (χ2n) is 4.69. The molecule has 0 unspecified atom stereocenters. The smallest absolute Gasteiger partial charge is 0.270 e. The Kier molecular flexibility index (Phi) is 5.26. The third kappa shape index (κ3) is 3.96. The molecule has 120 valence electrons. The molecule has 0 fully saturated rings. The van der Waals surface area contributed by atoms with Crippen LogP contribution in [0.3, 0.4) is 0 Å². The van der Waals surface area contributed by atoms with Crippen LogP contribution in [0.4, 0.5) is 11.4 Å². The van der Waals surface area contributed by atoms with Crippen molar-refractivity contribution < 1.29 is 14.5 Å². The first-order chi connectivity index (χ1) is 11.5.